The second-order valence-electron chi connectivity index (χ2n) is 10.3. The largest absolute Gasteiger partial charge is 0.478 e. The van der Waals surface area contributed by atoms with Crippen LogP contribution in [0.3, 0.4) is 0 Å². The molecule has 2 heterocycles. The fourth-order valence-corrected chi connectivity index (χ4v) is 5.77. The Kier molecular flexibility index (Phi) is 6.57. The number of hydrogen-bond acceptors (Lipinski definition) is 7. The van der Waals surface area contributed by atoms with Gasteiger partial charge in [-0.3, -0.25) is 4.98 Å². The number of carbonyl (C=O) groups is 1. The first-order valence-corrected chi connectivity index (χ1v) is 13.4. The quantitative estimate of drug-likeness (QED) is 0.243. The van der Waals surface area contributed by atoms with E-state index in [9.17, 15) is 15.0 Å². The minimum absolute atomic E-state index is 0.0372. The van der Waals surface area contributed by atoms with Crippen LogP contribution in [0.1, 0.15) is 76.0 Å². The summed E-state index contributed by atoms with van der Waals surface area (Å²) in [7, 11) is 0. The van der Waals surface area contributed by atoms with Crippen molar-refractivity contribution < 1.29 is 24.3 Å². The summed E-state index contributed by atoms with van der Waals surface area (Å²) in [5.74, 6) is 0.425. The summed E-state index contributed by atoms with van der Waals surface area (Å²) < 4.78 is 11.7. The van der Waals surface area contributed by atoms with Crippen molar-refractivity contribution in [1.82, 2.24) is 15.1 Å². The molecule has 2 aliphatic rings. The molecule has 0 radical (unpaired) electrons. The maximum Gasteiger partial charge on any atom is 0.335 e. The van der Waals surface area contributed by atoms with Gasteiger partial charge in [0, 0.05) is 11.5 Å². The molecule has 2 saturated carbocycles. The van der Waals surface area contributed by atoms with Gasteiger partial charge < -0.3 is 19.5 Å². The zero-order chi connectivity index (χ0) is 27.3. The molecular weight excluding hydrogens is 541 g/mol. The number of ether oxygens (including phenoxy) is 1. The van der Waals surface area contributed by atoms with E-state index in [1.807, 2.05) is 13.0 Å². The summed E-state index contributed by atoms with van der Waals surface area (Å²) in [4.78, 5) is 20.2. The third-order valence-electron chi connectivity index (χ3n) is 7.42. The lowest BCUT2D eigenvalue weighted by atomic mass is 9.66. The van der Waals surface area contributed by atoms with Gasteiger partial charge in [0.1, 0.15) is 23.7 Å². The Hall–Kier alpha value is -3.46. The molecule has 0 aliphatic heterocycles. The molecule has 0 bridgehead atoms. The van der Waals surface area contributed by atoms with Gasteiger partial charge in [0.05, 0.1) is 39.3 Å². The Morgan fingerprint density at radius 1 is 1.10 bits per heavy atom. The lowest BCUT2D eigenvalue weighted by Gasteiger charge is -2.43. The molecule has 200 valence electrons. The molecule has 2 aromatic carbocycles. The summed E-state index contributed by atoms with van der Waals surface area (Å²) in [6, 6.07) is 10.6. The van der Waals surface area contributed by atoms with Crippen molar-refractivity contribution in [3.8, 4) is 17.1 Å². The van der Waals surface area contributed by atoms with Crippen molar-refractivity contribution in [2.45, 2.75) is 56.7 Å². The fraction of sp³-hybridized carbons (Fsp3) is 0.310. The van der Waals surface area contributed by atoms with E-state index in [4.69, 9.17) is 32.5 Å². The standard InChI is InChI=1S/C29H25Cl2N3O5/c1-15-7-17(9-18(8-15)28(35)36)19-10-29(37,11-19)23-12-33-24(13-32-23)38-14-20-26(34-39-27(20)16-5-6-16)25-21(30)3-2-4-22(25)31/h2-4,7-9,12-13,16,19,37H,5-6,10-11,14H2,1H3,(H,35,36). The monoisotopic (exact) mass is 565 g/mol. The van der Waals surface area contributed by atoms with E-state index >= 15 is 0 Å². The zero-order valence-electron chi connectivity index (χ0n) is 21.0. The van der Waals surface area contributed by atoms with Crippen molar-refractivity contribution >= 4 is 29.2 Å². The topological polar surface area (TPSA) is 119 Å². The zero-order valence-corrected chi connectivity index (χ0v) is 22.5. The molecule has 4 aromatic rings. The molecule has 2 N–H and O–H groups in total. The number of carboxylic acid groups (broad SMARTS) is 1. The lowest BCUT2D eigenvalue weighted by molar-refractivity contribution is -0.0590. The minimum atomic E-state index is -1.13. The predicted molar refractivity (Wildman–Crippen MR) is 144 cm³/mol. The number of nitrogens with zero attached hydrogens (tertiary/aromatic N) is 3. The molecule has 2 fully saturated rings. The highest BCUT2D eigenvalue weighted by Crippen LogP contribution is 2.50. The molecule has 39 heavy (non-hydrogen) atoms. The normalized spacial score (nSPS) is 20.5. The molecular formula is C29H25Cl2N3O5. The number of benzene rings is 2. The Morgan fingerprint density at radius 3 is 2.49 bits per heavy atom. The smallest absolute Gasteiger partial charge is 0.335 e. The number of aryl methyl sites for hydroxylation is 1. The van der Waals surface area contributed by atoms with Crippen molar-refractivity contribution in [1.29, 1.82) is 0 Å². The Bertz CT molecular complexity index is 1540. The number of carboxylic acids is 1. The lowest BCUT2D eigenvalue weighted by Crippen LogP contribution is -2.40. The summed E-state index contributed by atoms with van der Waals surface area (Å²) in [5, 5.41) is 25.7. The molecule has 0 spiro atoms. The van der Waals surface area contributed by atoms with Gasteiger partial charge in [-0.2, -0.15) is 0 Å². The fourth-order valence-electron chi connectivity index (χ4n) is 5.20. The number of aliphatic hydroxyl groups is 1. The van der Waals surface area contributed by atoms with Crippen molar-refractivity contribution in [2.75, 3.05) is 0 Å². The van der Waals surface area contributed by atoms with Crippen LogP contribution in [0, 0.1) is 6.92 Å². The van der Waals surface area contributed by atoms with Crippen LogP contribution in [-0.4, -0.2) is 31.3 Å². The molecule has 2 aromatic heterocycles. The highest BCUT2D eigenvalue weighted by atomic mass is 35.5. The van der Waals surface area contributed by atoms with Crippen LogP contribution in [-0.2, 0) is 12.2 Å². The first-order valence-electron chi connectivity index (χ1n) is 12.7. The Balaban J connectivity index is 1.16. The van der Waals surface area contributed by atoms with Crippen LogP contribution >= 0.6 is 23.2 Å². The van der Waals surface area contributed by atoms with E-state index in [0.717, 1.165) is 35.3 Å². The van der Waals surface area contributed by atoms with Gasteiger partial charge in [0.15, 0.2) is 0 Å². The van der Waals surface area contributed by atoms with Crippen molar-refractivity contribution in [2.24, 2.45) is 0 Å². The number of rotatable bonds is 8. The van der Waals surface area contributed by atoms with Gasteiger partial charge in [0.25, 0.3) is 0 Å². The highest BCUT2D eigenvalue weighted by Gasteiger charge is 2.46. The second kappa shape index (κ2) is 9.93. The number of aromatic carboxylic acids is 1. The molecule has 0 unspecified atom stereocenters. The van der Waals surface area contributed by atoms with E-state index in [0.29, 0.717) is 51.6 Å². The summed E-state index contributed by atoms with van der Waals surface area (Å²) >= 11 is 12.9. The average Bonchev–Trinajstić information content (AvgIpc) is 3.65. The van der Waals surface area contributed by atoms with Crippen LogP contribution in [0.2, 0.25) is 10.0 Å². The molecule has 10 heteroatoms. The molecule has 6 rings (SSSR count). The average molecular weight is 566 g/mol. The maximum atomic E-state index is 11.4. The summed E-state index contributed by atoms with van der Waals surface area (Å²) in [6.45, 7) is 2.01. The number of hydrogen-bond donors (Lipinski definition) is 2. The van der Waals surface area contributed by atoms with Gasteiger partial charge in [0.2, 0.25) is 5.88 Å². The Labute approximate surface area is 234 Å². The Morgan fingerprint density at radius 2 is 1.85 bits per heavy atom. The third kappa shape index (κ3) is 5.00. The van der Waals surface area contributed by atoms with Crippen LogP contribution in [0.5, 0.6) is 5.88 Å². The van der Waals surface area contributed by atoms with Crippen molar-refractivity contribution in [3.05, 3.63) is 92.5 Å². The first kappa shape index (κ1) is 25.8. The third-order valence-corrected chi connectivity index (χ3v) is 8.05. The van der Waals surface area contributed by atoms with E-state index < -0.39 is 11.6 Å². The van der Waals surface area contributed by atoms with Gasteiger partial charge in [-0.25, -0.2) is 9.78 Å². The van der Waals surface area contributed by atoms with Gasteiger partial charge in [-0.1, -0.05) is 40.5 Å². The minimum Gasteiger partial charge on any atom is -0.478 e. The van der Waals surface area contributed by atoms with E-state index in [-0.39, 0.29) is 18.1 Å². The van der Waals surface area contributed by atoms with Crippen LogP contribution < -0.4 is 4.74 Å². The van der Waals surface area contributed by atoms with Gasteiger partial charge in [-0.05, 0) is 73.9 Å². The molecule has 2 aliphatic carbocycles. The molecule has 0 amide bonds. The summed E-state index contributed by atoms with van der Waals surface area (Å²) in [6.07, 6.45) is 5.90. The molecule has 0 saturated heterocycles. The highest BCUT2D eigenvalue weighted by molar-refractivity contribution is 6.39. The molecule has 8 nitrogen and oxygen atoms in total. The van der Waals surface area contributed by atoms with Crippen molar-refractivity contribution in [3.63, 3.8) is 0 Å². The maximum absolute atomic E-state index is 11.4. The second-order valence-corrected chi connectivity index (χ2v) is 11.2. The van der Waals surface area contributed by atoms with Gasteiger partial charge in [-0.15, -0.1) is 0 Å². The summed E-state index contributed by atoms with van der Waals surface area (Å²) in [5.41, 5.74) is 3.27. The van der Waals surface area contributed by atoms with Crippen LogP contribution in [0.15, 0.2) is 53.3 Å². The van der Waals surface area contributed by atoms with Gasteiger partial charge >= 0.3 is 5.97 Å². The SMILES string of the molecule is Cc1cc(C(=O)O)cc(C2CC(O)(c3cnc(OCc4c(-c5c(Cl)cccc5Cl)noc4C4CC4)cn3)C2)c1. The van der Waals surface area contributed by atoms with Crippen LogP contribution in [0.4, 0.5) is 0 Å². The predicted octanol–water partition coefficient (Wildman–Crippen LogP) is 6.67. The van der Waals surface area contributed by atoms with E-state index in [1.165, 1.54) is 12.4 Å². The van der Waals surface area contributed by atoms with E-state index in [2.05, 4.69) is 15.1 Å². The van der Waals surface area contributed by atoms with E-state index in [1.54, 1.807) is 30.3 Å². The number of halogens is 2. The number of aromatic nitrogens is 3. The first-order chi connectivity index (χ1) is 18.7. The molecule has 0 atom stereocenters. The van der Waals surface area contributed by atoms with Crippen LogP contribution in [0.25, 0.3) is 11.3 Å².